The highest BCUT2D eigenvalue weighted by Gasteiger charge is 2.38. The van der Waals surface area contributed by atoms with Crippen LogP contribution in [-0.2, 0) is 10.8 Å². The van der Waals surface area contributed by atoms with Gasteiger partial charge < -0.3 is 4.90 Å². The molecular formula is C47H41N. The molecule has 48 heavy (non-hydrogen) atoms. The summed E-state index contributed by atoms with van der Waals surface area (Å²) in [4.78, 5) is 2.45. The lowest BCUT2D eigenvalue weighted by Crippen LogP contribution is -2.17. The zero-order valence-electron chi connectivity index (χ0n) is 28.5. The van der Waals surface area contributed by atoms with Crippen LogP contribution < -0.4 is 4.90 Å². The molecule has 0 saturated carbocycles. The van der Waals surface area contributed by atoms with Gasteiger partial charge in [-0.3, -0.25) is 0 Å². The molecule has 1 nitrogen and oxygen atoms in total. The van der Waals surface area contributed by atoms with Crippen LogP contribution in [0.4, 0.5) is 17.1 Å². The Morgan fingerprint density at radius 3 is 1.90 bits per heavy atom. The molecule has 0 spiro atoms. The van der Waals surface area contributed by atoms with Crippen LogP contribution in [0.2, 0.25) is 0 Å². The average Bonchev–Trinajstić information content (AvgIpc) is 3.35. The molecule has 0 N–H and O–H groups in total. The van der Waals surface area contributed by atoms with Crippen molar-refractivity contribution in [2.75, 3.05) is 4.90 Å². The summed E-state index contributed by atoms with van der Waals surface area (Å²) in [5.74, 6) is 0. The molecule has 0 aliphatic heterocycles. The summed E-state index contributed by atoms with van der Waals surface area (Å²) >= 11 is 0. The molecular weight excluding hydrogens is 579 g/mol. The van der Waals surface area contributed by atoms with E-state index >= 15 is 0 Å². The molecule has 0 bridgehead atoms. The number of benzene rings is 7. The van der Waals surface area contributed by atoms with Crippen molar-refractivity contribution < 1.29 is 0 Å². The fourth-order valence-corrected chi connectivity index (χ4v) is 7.62. The number of nitrogens with zero attached hydrogens (tertiary/aromatic N) is 1. The minimum Gasteiger partial charge on any atom is -0.309 e. The zero-order valence-corrected chi connectivity index (χ0v) is 28.5. The summed E-state index contributed by atoms with van der Waals surface area (Å²) < 4.78 is 0. The van der Waals surface area contributed by atoms with Crippen LogP contribution >= 0.6 is 0 Å². The Labute approximate surface area is 285 Å². The van der Waals surface area contributed by atoms with Gasteiger partial charge in [0, 0.05) is 22.1 Å². The molecule has 0 amide bonds. The van der Waals surface area contributed by atoms with Crippen molar-refractivity contribution in [1.82, 2.24) is 0 Å². The first-order chi connectivity index (χ1) is 23.2. The van der Waals surface area contributed by atoms with E-state index in [2.05, 4.69) is 197 Å². The number of hydrogen-bond acceptors (Lipinski definition) is 1. The first kappa shape index (κ1) is 30.0. The molecule has 7 aromatic rings. The van der Waals surface area contributed by atoms with Crippen molar-refractivity contribution in [3.63, 3.8) is 0 Å². The van der Waals surface area contributed by atoms with Gasteiger partial charge in [-0.2, -0.15) is 0 Å². The maximum atomic E-state index is 2.46. The minimum atomic E-state index is -0.0977. The molecule has 0 heterocycles. The largest absolute Gasteiger partial charge is 0.309 e. The van der Waals surface area contributed by atoms with E-state index in [1.165, 1.54) is 60.8 Å². The first-order valence-corrected chi connectivity index (χ1v) is 17.0. The molecule has 0 unspecified atom stereocenters. The molecule has 234 valence electrons. The Morgan fingerprint density at radius 1 is 0.479 bits per heavy atom. The fraction of sp³-hybridized carbons (Fsp3) is 0.149. The lowest BCUT2D eigenvalue weighted by Gasteiger charge is -2.30. The fourth-order valence-electron chi connectivity index (χ4n) is 7.62. The van der Waals surface area contributed by atoms with Crippen molar-refractivity contribution in [1.29, 1.82) is 0 Å². The van der Waals surface area contributed by atoms with Crippen LogP contribution in [0.3, 0.4) is 0 Å². The second-order valence-corrected chi connectivity index (χ2v) is 14.6. The summed E-state index contributed by atoms with van der Waals surface area (Å²) in [5, 5.41) is 2.45. The number of hydrogen-bond donors (Lipinski definition) is 0. The number of fused-ring (bicyclic) bond motifs is 4. The minimum absolute atomic E-state index is 0.0876. The van der Waals surface area contributed by atoms with E-state index in [0.717, 1.165) is 17.1 Å². The van der Waals surface area contributed by atoms with Gasteiger partial charge in [0.1, 0.15) is 0 Å². The first-order valence-electron chi connectivity index (χ1n) is 17.0. The standard InChI is InChI=1S/C47H41N/c1-46(2,3)35-27-30-40-42(31-35)47(4,5)41-22-14-21-39(45(40)41)38-20-11-12-23-44(38)48(43-24-13-18-34-17-9-10-19-37(34)43)36-28-25-33(26-29-36)32-15-7-6-8-16-32/h6-31H,1-5H3. The van der Waals surface area contributed by atoms with Crippen molar-refractivity contribution in [3.05, 3.63) is 174 Å². The summed E-state index contributed by atoms with van der Waals surface area (Å²) in [7, 11) is 0. The van der Waals surface area contributed by atoms with E-state index in [9.17, 15) is 0 Å². The summed E-state index contributed by atoms with van der Waals surface area (Å²) in [5.41, 5.74) is 15.2. The normalized spacial score (nSPS) is 13.3. The van der Waals surface area contributed by atoms with Crippen LogP contribution in [0.25, 0.3) is 44.2 Å². The van der Waals surface area contributed by atoms with Gasteiger partial charge in [0.05, 0.1) is 11.4 Å². The molecule has 7 aromatic carbocycles. The molecule has 8 rings (SSSR count). The van der Waals surface area contributed by atoms with Crippen molar-refractivity contribution in [2.45, 2.75) is 45.4 Å². The van der Waals surface area contributed by atoms with Gasteiger partial charge >= 0.3 is 0 Å². The summed E-state index contributed by atoms with van der Waals surface area (Å²) in [6, 6.07) is 58.0. The van der Waals surface area contributed by atoms with E-state index < -0.39 is 0 Å². The highest BCUT2D eigenvalue weighted by Crippen LogP contribution is 2.54. The maximum Gasteiger partial charge on any atom is 0.0540 e. The highest BCUT2D eigenvalue weighted by molar-refractivity contribution is 6.03. The number of rotatable bonds is 5. The second-order valence-electron chi connectivity index (χ2n) is 14.6. The Balaban J connectivity index is 1.36. The Hall–Kier alpha value is -5.40. The molecule has 1 heteroatoms. The van der Waals surface area contributed by atoms with Crippen molar-refractivity contribution in [2.24, 2.45) is 0 Å². The van der Waals surface area contributed by atoms with Crippen LogP contribution in [0.5, 0.6) is 0 Å². The molecule has 0 atom stereocenters. The highest BCUT2D eigenvalue weighted by atomic mass is 15.1. The van der Waals surface area contributed by atoms with Crippen LogP contribution in [0.15, 0.2) is 158 Å². The third-order valence-corrected chi connectivity index (χ3v) is 10.2. The van der Waals surface area contributed by atoms with E-state index in [4.69, 9.17) is 0 Å². The number of para-hydroxylation sites is 1. The SMILES string of the molecule is CC(C)(C)c1ccc2c(c1)C(C)(C)c1cccc(-c3ccccc3N(c3ccc(-c4ccccc4)cc3)c3cccc4ccccc34)c1-2. The topological polar surface area (TPSA) is 3.24 Å². The Bertz CT molecular complexity index is 2280. The number of anilines is 3. The molecule has 1 aliphatic carbocycles. The molecule has 0 saturated heterocycles. The predicted octanol–water partition coefficient (Wildman–Crippen LogP) is 13.2. The van der Waals surface area contributed by atoms with E-state index in [0.29, 0.717) is 0 Å². The molecule has 0 radical (unpaired) electrons. The van der Waals surface area contributed by atoms with E-state index in [1.807, 2.05) is 0 Å². The molecule has 1 aliphatic rings. The van der Waals surface area contributed by atoms with Crippen molar-refractivity contribution >= 4 is 27.8 Å². The second kappa shape index (κ2) is 11.4. The van der Waals surface area contributed by atoms with Gasteiger partial charge in [-0.05, 0) is 79.6 Å². The third-order valence-electron chi connectivity index (χ3n) is 10.2. The van der Waals surface area contributed by atoms with Gasteiger partial charge in [0.2, 0.25) is 0 Å². The Kier molecular flexibility index (Phi) is 7.11. The lowest BCUT2D eigenvalue weighted by molar-refractivity contribution is 0.584. The zero-order chi connectivity index (χ0) is 33.0. The summed E-state index contributed by atoms with van der Waals surface area (Å²) in [6.07, 6.45) is 0. The van der Waals surface area contributed by atoms with Crippen LogP contribution in [0.1, 0.15) is 51.3 Å². The monoisotopic (exact) mass is 619 g/mol. The quantitative estimate of drug-likeness (QED) is 0.185. The van der Waals surface area contributed by atoms with Crippen molar-refractivity contribution in [3.8, 4) is 33.4 Å². The van der Waals surface area contributed by atoms with Gasteiger partial charge in [-0.15, -0.1) is 0 Å². The van der Waals surface area contributed by atoms with Gasteiger partial charge in [-0.1, -0.05) is 168 Å². The molecule has 0 fully saturated rings. The maximum absolute atomic E-state index is 2.46. The predicted molar refractivity (Wildman–Crippen MR) is 206 cm³/mol. The average molecular weight is 620 g/mol. The Morgan fingerprint density at radius 2 is 1.10 bits per heavy atom. The van der Waals surface area contributed by atoms with E-state index in [1.54, 1.807) is 0 Å². The molecule has 0 aromatic heterocycles. The van der Waals surface area contributed by atoms with Gasteiger partial charge in [-0.25, -0.2) is 0 Å². The van der Waals surface area contributed by atoms with Gasteiger partial charge in [0.25, 0.3) is 0 Å². The van der Waals surface area contributed by atoms with Crippen LogP contribution in [-0.4, -0.2) is 0 Å². The third kappa shape index (κ3) is 4.93. The van der Waals surface area contributed by atoms with Crippen LogP contribution in [0, 0.1) is 0 Å². The summed E-state index contributed by atoms with van der Waals surface area (Å²) in [6.45, 7) is 11.7. The van der Waals surface area contributed by atoms with Gasteiger partial charge in [0.15, 0.2) is 0 Å². The smallest absolute Gasteiger partial charge is 0.0540 e. The van der Waals surface area contributed by atoms with E-state index in [-0.39, 0.29) is 10.8 Å². The lowest BCUT2D eigenvalue weighted by atomic mass is 9.79.